The molecule has 2 heteroatoms. The van der Waals surface area contributed by atoms with Gasteiger partial charge >= 0.3 is 0 Å². The van der Waals surface area contributed by atoms with Crippen molar-refractivity contribution in [2.24, 2.45) is 0 Å². The molecular weight excluding hydrogens is 196 g/mol. The zero-order chi connectivity index (χ0) is 11.2. The summed E-state index contributed by atoms with van der Waals surface area (Å²) in [6.45, 7) is 4.02. The number of aromatic amines is 1. The van der Waals surface area contributed by atoms with E-state index in [1.54, 1.807) is 0 Å². The van der Waals surface area contributed by atoms with Crippen molar-refractivity contribution in [3.63, 3.8) is 0 Å². The monoisotopic (exact) mass is 214 g/mol. The Labute approximate surface area is 96.4 Å². The summed E-state index contributed by atoms with van der Waals surface area (Å²) >= 11 is 0. The zero-order valence-electron chi connectivity index (χ0n) is 9.66. The molecule has 2 nitrogen and oxygen atoms in total. The van der Waals surface area contributed by atoms with Crippen LogP contribution in [0.2, 0.25) is 0 Å². The van der Waals surface area contributed by atoms with Gasteiger partial charge in [-0.2, -0.15) is 0 Å². The van der Waals surface area contributed by atoms with Crippen LogP contribution in [0.15, 0.2) is 42.6 Å². The molecule has 0 saturated carbocycles. The molecule has 0 amide bonds. The van der Waals surface area contributed by atoms with E-state index < -0.39 is 0 Å². The lowest BCUT2D eigenvalue weighted by Gasteiger charge is -2.01. The summed E-state index contributed by atoms with van der Waals surface area (Å²) in [5.41, 5.74) is 2.56. The fourth-order valence-corrected chi connectivity index (χ4v) is 1.85. The Hall–Kier alpha value is -1.54. The van der Waals surface area contributed by atoms with Crippen LogP contribution in [0.5, 0.6) is 0 Å². The molecule has 0 spiro atoms. The van der Waals surface area contributed by atoms with E-state index >= 15 is 0 Å². The van der Waals surface area contributed by atoms with E-state index in [9.17, 15) is 0 Å². The van der Waals surface area contributed by atoms with Crippen molar-refractivity contribution in [2.45, 2.75) is 19.9 Å². The Morgan fingerprint density at radius 1 is 1.31 bits per heavy atom. The van der Waals surface area contributed by atoms with Crippen LogP contribution in [0.4, 0.5) is 0 Å². The topological polar surface area (TPSA) is 27.8 Å². The second-order valence-corrected chi connectivity index (χ2v) is 3.89. The van der Waals surface area contributed by atoms with Gasteiger partial charge in [0, 0.05) is 23.6 Å². The van der Waals surface area contributed by atoms with Crippen LogP contribution >= 0.6 is 0 Å². The van der Waals surface area contributed by atoms with E-state index in [1.165, 1.54) is 16.5 Å². The maximum Gasteiger partial charge on any atom is 0.0457 e. The summed E-state index contributed by atoms with van der Waals surface area (Å²) < 4.78 is 0. The largest absolute Gasteiger partial charge is 0.361 e. The van der Waals surface area contributed by atoms with E-state index in [4.69, 9.17) is 0 Å². The molecule has 0 saturated heterocycles. The second kappa shape index (κ2) is 5.52. The van der Waals surface area contributed by atoms with Gasteiger partial charge in [0.1, 0.15) is 0 Å². The number of H-pyrrole nitrogens is 1. The lowest BCUT2D eigenvalue weighted by molar-refractivity contribution is 0.698. The molecule has 0 aliphatic rings. The van der Waals surface area contributed by atoms with Gasteiger partial charge in [0.2, 0.25) is 0 Å². The maximum atomic E-state index is 3.44. The van der Waals surface area contributed by atoms with Crippen molar-refractivity contribution < 1.29 is 0 Å². The number of aromatic nitrogens is 1. The molecule has 0 radical (unpaired) electrons. The summed E-state index contributed by atoms with van der Waals surface area (Å²) in [6, 6.07) is 8.41. The number of para-hydroxylation sites is 1. The SMILES string of the molecule is C/C=C/CCNCc1c[nH]c2ccccc12. The van der Waals surface area contributed by atoms with Crippen molar-refractivity contribution in [2.75, 3.05) is 6.54 Å². The van der Waals surface area contributed by atoms with Crippen molar-refractivity contribution in [1.82, 2.24) is 10.3 Å². The Kier molecular flexibility index (Phi) is 3.78. The van der Waals surface area contributed by atoms with Gasteiger partial charge in [0.25, 0.3) is 0 Å². The molecule has 84 valence electrons. The molecular formula is C14H18N2. The van der Waals surface area contributed by atoms with Crippen LogP contribution in [0, 0.1) is 0 Å². The molecule has 2 aromatic rings. The summed E-state index contributed by atoms with van der Waals surface area (Å²) in [5.74, 6) is 0. The fourth-order valence-electron chi connectivity index (χ4n) is 1.85. The van der Waals surface area contributed by atoms with E-state index in [2.05, 4.69) is 59.8 Å². The maximum absolute atomic E-state index is 3.44. The number of fused-ring (bicyclic) bond motifs is 1. The second-order valence-electron chi connectivity index (χ2n) is 3.89. The highest BCUT2D eigenvalue weighted by Gasteiger charge is 2.00. The first kappa shape index (κ1) is 11.0. The molecule has 0 atom stereocenters. The minimum Gasteiger partial charge on any atom is -0.361 e. The molecule has 1 aromatic heterocycles. The van der Waals surface area contributed by atoms with Crippen LogP contribution < -0.4 is 5.32 Å². The molecule has 0 unspecified atom stereocenters. The van der Waals surface area contributed by atoms with Gasteiger partial charge in [0.05, 0.1) is 0 Å². The van der Waals surface area contributed by atoms with Crippen LogP contribution in [-0.2, 0) is 6.54 Å². The van der Waals surface area contributed by atoms with Crippen molar-refractivity contribution in [3.8, 4) is 0 Å². The van der Waals surface area contributed by atoms with Gasteiger partial charge < -0.3 is 10.3 Å². The van der Waals surface area contributed by atoms with Gasteiger partial charge in [-0.25, -0.2) is 0 Å². The van der Waals surface area contributed by atoms with Crippen LogP contribution in [-0.4, -0.2) is 11.5 Å². The number of allylic oxidation sites excluding steroid dienone is 1. The summed E-state index contributed by atoms with van der Waals surface area (Å²) in [6.07, 6.45) is 7.46. The predicted octanol–water partition coefficient (Wildman–Crippen LogP) is 3.22. The number of hydrogen-bond donors (Lipinski definition) is 2. The summed E-state index contributed by atoms with van der Waals surface area (Å²) in [4.78, 5) is 3.29. The van der Waals surface area contributed by atoms with Crippen molar-refractivity contribution in [1.29, 1.82) is 0 Å². The normalized spacial score (nSPS) is 11.6. The van der Waals surface area contributed by atoms with Crippen LogP contribution in [0.25, 0.3) is 10.9 Å². The predicted molar refractivity (Wildman–Crippen MR) is 69.4 cm³/mol. The average molecular weight is 214 g/mol. The Balaban J connectivity index is 1.94. The quantitative estimate of drug-likeness (QED) is 0.580. The van der Waals surface area contributed by atoms with E-state index in [0.29, 0.717) is 0 Å². The van der Waals surface area contributed by atoms with Crippen molar-refractivity contribution in [3.05, 3.63) is 48.2 Å². The summed E-state index contributed by atoms with van der Waals surface area (Å²) in [5, 5.41) is 4.76. The van der Waals surface area contributed by atoms with Gasteiger partial charge in [-0.15, -0.1) is 0 Å². The highest BCUT2D eigenvalue weighted by Crippen LogP contribution is 2.17. The highest BCUT2D eigenvalue weighted by molar-refractivity contribution is 5.82. The molecule has 0 aliphatic carbocycles. The smallest absolute Gasteiger partial charge is 0.0457 e. The first-order valence-corrected chi connectivity index (χ1v) is 5.78. The minimum absolute atomic E-state index is 0.932. The van der Waals surface area contributed by atoms with E-state index in [1.807, 2.05) is 0 Å². The molecule has 16 heavy (non-hydrogen) atoms. The van der Waals surface area contributed by atoms with Crippen LogP contribution in [0.1, 0.15) is 18.9 Å². The fraction of sp³-hybridized carbons (Fsp3) is 0.286. The van der Waals surface area contributed by atoms with E-state index in [-0.39, 0.29) is 0 Å². The molecule has 2 N–H and O–H groups in total. The Morgan fingerprint density at radius 2 is 2.19 bits per heavy atom. The third-order valence-corrected chi connectivity index (χ3v) is 2.71. The summed E-state index contributed by atoms with van der Waals surface area (Å²) in [7, 11) is 0. The van der Waals surface area contributed by atoms with Gasteiger partial charge in [-0.3, -0.25) is 0 Å². The molecule has 1 aromatic carbocycles. The third-order valence-electron chi connectivity index (χ3n) is 2.71. The molecule has 1 heterocycles. The van der Waals surface area contributed by atoms with E-state index in [0.717, 1.165) is 19.5 Å². The Bertz CT molecular complexity index is 468. The third kappa shape index (κ3) is 2.52. The Morgan fingerprint density at radius 3 is 3.06 bits per heavy atom. The lowest BCUT2D eigenvalue weighted by Crippen LogP contribution is -2.13. The molecule has 0 aliphatic heterocycles. The number of benzene rings is 1. The number of hydrogen-bond acceptors (Lipinski definition) is 1. The highest BCUT2D eigenvalue weighted by atomic mass is 14.9. The van der Waals surface area contributed by atoms with Crippen molar-refractivity contribution >= 4 is 10.9 Å². The number of nitrogens with one attached hydrogen (secondary N) is 2. The standard InChI is InChI=1S/C14H18N2/c1-2-3-6-9-15-10-12-11-16-14-8-5-4-7-13(12)14/h2-5,7-8,11,15-16H,6,9-10H2,1H3/b3-2+. The first-order chi connectivity index (χ1) is 7.92. The van der Waals surface area contributed by atoms with Gasteiger partial charge in [-0.05, 0) is 31.5 Å². The van der Waals surface area contributed by atoms with Crippen LogP contribution in [0.3, 0.4) is 0 Å². The van der Waals surface area contributed by atoms with Gasteiger partial charge in [0.15, 0.2) is 0 Å². The zero-order valence-corrected chi connectivity index (χ0v) is 9.66. The first-order valence-electron chi connectivity index (χ1n) is 5.78. The number of rotatable bonds is 5. The minimum atomic E-state index is 0.932. The molecule has 0 bridgehead atoms. The average Bonchev–Trinajstić information content (AvgIpc) is 2.73. The molecule has 0 fully saturated rings. The van der Waals surface area contributed by atoms with Gasteiger partial charge in [-0.1, -0.05) is 30.4 Å². The lowest BCUT2D eigenvalue weighted by atomic mass is 10.2. The molecule has 2 rings (SSSR count).